The van der Waals surface area contributed by atoms with Crippen LogP contribution in [0.5, 0.6) is 5.75 Å². The fourth-order valence-electron chi connectivity index (χ4n) is 3.00. The van der Waals surface area contributed by atoms with Gasteiger partial charge < -0.3 is 20.7 Å². The molecule has 2 aromatic rings. The van der Waals surface area contributed by atoms with E-state index in [1.807, 2.05) is 19.1 Å². The standard InChI is InChI=1S/C19H22F3N5O/c1-13-4-5-14(17(25-13)27-10-2-3-11-27)12-24-18(23)26-15-6-8-16(9-7-15)28-19(20,21)22/h4-9H,2-3,10-12H2,1H3,(H3,23,24,26). The van der Waals surface area contributed by atoms with E-state index in [1.54, 1.807) is 0 Å². The molecule has 1 aromatic carbocycles. The number of hydrogen-bond acceptors (Lipinski definition) is 4. The summed E-state index contributed by atoms with van der Waals surface area (Å²) in [5.41, 5.74) is 8.36. The van der Waals surface area contributed by atoms with Crippen molar-refractivity contribution < 1.29 is 17.9 Å². The van der Waals surface area contributed by atoms with Gasteiger partial charge in [0.25, 0.3) is 0 Å². The van der Waals surface area contributed by atoms with Gasteiger partial charge in [0.15, 0.2) is 5.96 Å². The second-order valence-electron chi connectivity index (χ2n) is 6.53. The lowest BCUT2D eigenvalue weighted by Gasteiger charge is -2.20. The maximum Gasteiger partial charge on any atom is 0.573 e. The third-order valence-corrected chi connectivity index (χ3v) is 4.28. The first-order valence-electron chi connectivity index (χ1n) is 8.94. The van der Waals surface area contributed by atoms with E-state index in [-0.39, 0.29) is 11.7 Å². The number of rotatable bonds is 5. The molecule has 150 valence electrons. The molecule has 28 heavy (non-hydrogen) atoms. The molecular formula is C19H22F3N5O. The minimum atomic E-state index is -4.72. The zero-order chi connectivity index (χ0) is 20.1. The fourth-order valence-corrected chi connectivity index (χ4v) is 3.00. The van der Waals surface area contributed by atoms with E-state index >= 15 is 0 Å². The van der Waals surface area contributed by atoms with Crippen LogP contribution in [0.1, 0.15) is 24.1 Å². The Morgan fingerprint density at radius 3 is 2.50 bits per heavy atom. The van der Waals surface area contributed by atoms with E-state index in [1.165, 1.54) is 24.3 Å². The summed E-state index contributed by atoms with van der Waals surface area (Å²) < 4.78 is 40.4. The molecule has 0 atom stereocenters. The fraction of sp³-hybridized carbons (Fsp3) is 0.368. The van der Waals surface area contributed by atoms with Crippen LogP contribution in [0.25, 0.3) is 0 Å². The maximum atomic E-state index is 12.2. The number of anilines is 2. The summed E-state index contributed by atoms with van der Waals surface area (Å²) in [4.78, 5) is 11.2. The first-order chi connectivity index (χ1) is 13.3. The van der Waals surface area contributed by atoms with Crippen molar-refractivity contribution in [3.05, 3.63) is 47.7 Å². The molecular weight excluding hydrogens is 371 g/mol. The number of halogens is 3. The van der Waals surface area contributed by atoms with Crippen LogP contribution in [0.2, 0.25) is 0 Å². The largest absolute Gasteiger partial charge is 0.573 e. The lowest BCUT2D eigenvalue weighted by molar-refractivity contribution is -0.274. The molecule has 0 amide bonds. The number of nitrogens with one attached hydrogen (secondary N) is 1. The quantitative estimate of drug-likeness (QED) is 0.597. The zero-order valence-corrected chi connectivity index (χ0v) is 15.5. The van der Waals surface area contributed by atoms with Crippen molar-refractivity contribution in [3.8, 4) is 5.75 Å². The molecule has 1 aliphatic heterocycles. The van der Waals surface area contributed by atoms with Crippen molar-refractivity contribution in [1.29, 1.82) is 0 Å². The molecule has 6 nitrogen and oxygen atoms in total. The number of aliphatic imine (C=N–C) groups is 1. The van der Waals surface area contributed by atoms with Gasteiger partial charge in [-0.25, -0.2) is 9.98 Å². The van der Waals surface area contributed by atoms with Crippen LogP contribution < -0.4 is 20.7 Å². The summed E-state index contributed by atoms with van der Waals surface area (Å²) in [5, 5.41) is 2.86. The molecule has 0 radical (unpaired) electrons. The number of benzene rings is 1. The topological polar surface area (TPSA) is 75.8 Å². The highest BCUT2D eigenvalue weighted by atomic mass is 19.4. The summed E-state index contributed by atoms with van der Waals surface area (Å²) in [5.74, 6) is 0.801. The minimum Gasteiger partial charge on any atom is -0.406 e. The van der Waals surface area contributed by atoms with Crippen LogP contribution in [0.3, 0.4) is 0 Å². The first-order valence-corrected chi connectivity index (χ1v) is 8.94. The Balaban J connectivity index is 1.65. The van der Waals surface area contributed by atoms with Crippen molar-refractivity contribution in [2.24, 2.45) is 10.7 Å². The van der Waals surface area contributed by atoms with Crippen molar-refractivity contribution in [2.45, 2.75) is 32.7 Å². The number of aryl methyl sites for hydroxylation is 1. The highest BCUT2D eigenvalue weighted by molar-refractivity contribution is 5.92. The number of guanidine groups is 1. The summed E-state index contributed by atoms with van der Waals surface area (Å²) >= 11 is 0. The number of alkyl halides is 3. The van der Waals surface area contributed by atoms with Gasteiger partial charge in [0.2, 0.25) is 0 Å². The second kappa shape index (κ2) is 8.37. The molecule has 9 heteroatoms. The predicted molar refractivity (Wildman–Crippen MR) is 102 cm³/mol. The van der Waals surface area contributed by atoms with E-state index < -0.39 is 6.36 Å². The van der Waals surface area contributed by atoms with Crippen LogP contribution in [0, 0.1) is 6.92 Å². The SMILES string of the molecule is Cc1ccc(CN=C(N)Nc2ccc(OC(F)(F)F)cc2)c(N2CCCC2)n1. The number of hydrogen-bond donors (Lipinski definition) is 2. The molecule has 0 aliphatic carbocycles. The molecule has 3 rings (SSSR count). The number of pyridine rings is 1. The van der Waals surface area contributed by atoms with Gasteiger partial charge in [0.05, 0.1) is 6.54 Å². The molecule has 0 bridgehead atoms. The Hall–Kier alpha value is -2.97. The third kappa shape index (κ3) is 5.51. The zero-order valence-electron chi connectivity index (χ0n) is 15.5. The molecule has 1 saturated heterocycles. The Kier molecular flexibility index (Phi) is 5.91. The van der Waals surface area contributed by atoms with Crippen molar-refractivity contribution in [2.75, 3.05) is 23.3 Å². The van der Waals surface area contributed by atoms with Gasteiger partial charge in [-0.2, -0.15) is 0 Å². The van der Waals surface area contributed by atoms with Crippen molar-refractivity contribution >= 4 is 17.5 Å². The summed E-state index contributed by atoms with van der Waals surface area (Å²) in [6, 6.07) is 9.22. The van der Waals surface area contributed by atoms with E-state index in [4.69, 9.17) is 5.73 Å². The first kappa shape index (κ1) is 19.8. The van der Waals surface area contributed by atoms with E-state index in [0.29, 0.717) is 12.2 Å². The molecule has 1 aromatic heterocycles. The van der Waals surface area contributed by atoms with Gasteiger partial charge in [-0.1, -0.05) is 6.07 Å². The minimum absolute atomic E-state index is 0.164. The Morgan fingerprint density at radius 1 is 1.18 bits per heavy atom. The normalized spacial score (nSPS) is 15.0. The van der Waals surface area contributed by atoms with E-state index in [9.17, 15) is 13.2 Å². The molecule has 1 aliphatic rings. The van der Waals surface area contributed by atoms with Crippen LogP contribution in [-0.4, -0.2) is 30.4 Å². The number of nitrogens with zero attached hydrogens (tertiary/aromatic N) is 3. The Labute approximate surface area is 161 Å². The molecule has 0 spiro atoms. The number of nitrogens with two attached hydrogens (primary N) is 1. The smallest absolute Gasteiger partial charge is 0.406 e. The number of aromatic nitrogens is 1. The average molecular weight is 393 g/mol. The van der Waals surface area contributed by atoms with Crippen LogP contribution in [0.15, 0.2) is 41.4 Å². The molecule has 1 fully saturated rings. The van der Waals surface area contributed by atoms with E-state index in [0.717, 1.165) is 43.0 Å². The number of ether oxygens (including phenoxy) is 1. The Morgan fingerprint density at radius 2 is 1.86 bits per heavy atom. The highest BCUT2D eigenvalue weighted by Crippen LogP contribution is 2.25. The summed E-state index contributed by atoms with van der Waals surface area (Å²) in [6.07, 6.45) is -2.42. The lowest BCUT2D eigenvalue weighted by Crippen LogP contribution is -2.24. The predicted octanol–water partition coefficient (Wildman–Crippen LogP) is 3.82. The molecule has 0 saturated carbocycles. The van der Waals surface area contributed by atoms with Crippen LogP contribution >= 0.6 is 0 Å². The highest BCUT2D eigenvalue weighted by Gasteiger charge is 2.30. The van der Waals surface area contributed by atoms with Gasteiger partial charge >= 0.3 is 6.36 Å². The van der Waals surface area contributed by atoms with Crippen molar-refractivity contribution in [1.82, 2.24) is 4.98 Å². The lowest BCUT2D eigenvalue weighted by atomic mass is 10.2. The van der Waals surface area contributed by atoms with Gasteiger partial charge in [-0.15, -0.1) is 13.2 Å². The van der Waals surface area contributed by atoms with E-state index in [2.05, 4.69) is 24.9 Å². The van der Waals surface area contributed by atoms with Gasteiger partial charge in [-0.05, 0) is 50.1 Å². The van der Waals surface area contributed by atoms with Crippen molar-refractivity contribution in [3.63, 3.8) is 0 Å². The second-order valence-corrected chi connectivity index (χ2v) is 6.53. The van der Waals surface area contributed by atoms with Gasteiger partial charge in [-0.3, -0.25) is 0 Å². The summed E-state index contributed by atoms with van der Waals surface area (Å²) in [7, 11) is 0. The molecule has 0 unspecified atom stereocenters. The molecule has 3 N–H and O–H groups in total. The molecule has 2 heterocycles. The Bertz CT molecular complexity index is 830. The average Bonchev–Trinajstić information content (AvgIpc) is 3.15. The maximum absolute atomic E-state index is 12.2. The van der Waals surface area contributed by atoms with Gasteiger partial charge in [0.1, 0.15) is 11.6 Å². The third-order valence-electron chi connectivity index (χ3n) is 4.28. The van der Waals surface area contributed by atoms with Gasteiger partial charge in [0, 0.05) is 30.0 Å². The van der Waals surface area contributed by atoms with Crippen LogP contribution in [0.4, 0.5) is 24.7 Å². The van der Waals surface area contributed by atoms with Crippen LogP contribution in [-0.2, 0) is 6.54 Å². The monoisotopic (exact) mass is 393 g/mol. The summed E-state index contributed by atoms with van der Waals surface area (Å²) in [6.45, 7) is 4.27.